The molecule has 188 valence electrons. The maximum Gasteiger partial charge on any atom is 0.270 e. The number of amides is 2. The van der Waals surface area contributed by atoms with Gasteiger partial charge in [-0.1, -0.05) is 50.2 Å². The summed E-state index contributed by atoms with van der Waals surface area (Å²) >= 11 is 1.43. The van der Waals surface area contributed by atoms with Gasteiger partial charge in [-0.15, -0.1) is 11.3 Å². The molecule has 1 N–H and O–H groups in total. The Hall–Kier alpha value is -3.19. The van der Waals surface area contributed by atoms with Crippen LogP contribution in [0.1, 0.15) is 71.3 Å². The van der Waals surface area contributed by atoms with Crippen molar-refractivity contribution in [2.45, 2.75) is 52.2 Å². The van der Waals surface area contributed by atoms with E-state index in [-0.39, 0.29) is 17.9 Å². The van der Waals surface area contributed by atoms with E-state index in [4.69, 9.17) is 4.74 Å². The van der Waals surface area contributed by atoms with E-state index in [9.17, 15) is 9.59 Å². The van der Waals surface area contributed by atoms with Gasteiger partial charge in [0.05, 0.1) is 6.04 Å². The van der Waals surface area contributed by atoms with Crippen LogP contribution in [0.25, 0.3) is 0 Å². The van der Waals surface area contributed by atoms with Gasteiger partial charge >= 0.3 is 0 Å². The van der Waals surface area contributed by atoms with E-state index in [1.54, 1.807) is 5.38 Å². The molecule has 1 fully saturated rings. The third kappa shape index (κ3) is 5.78. The van der Waals surface area contributed by atoms with Gasteiger partial charge in [0.2, 0.25) is 5.91 Å². The van der Waals surface area contributed by atoms with Crippen molar-refractivity contribution in [3.05, 3.63) is 81.3 Å². The van der Waals surface area contributed by atoms with E-state index in [1.165, 1.54) is 29.7 Å². The van der Waals surface area contributed by atoms with E-state index >= 15 is 0 Å². The van der Waals surface area contributed by atoms with E-state index in [0.29, 0.717) is 37.1 Å². The number of hydrogen-bond acceptors (Lipinski definition) is 5. The maximum atomic E-state index is 13.2. The molecule has 0 radical (unpaired) electrons. The molecule has 6 nitrogen and oxygen atoms in total. The first-order valence-corrected chi connectivity index (χ1v) is 13.7. The molecule has 2 aromatic carbocycles. The fraction of sp³-hybridized carbons (Fsp3) is 0.414. The molecule has 2 amide bonds. The van der Waals surface area contributed by atoms with Crippen LogP contribution in [0, 0.1) is 11.8 Å². The van der Waals surface area contributed by atoms with E-state index < -0.39 is 0 Å². The molecule has 2 heterocycles. The molecule has 0 spiro atoms. The molecule has 1 saturated carbocycles. The number of nitrogens with zero attached hydrogens (tertiary/aromatic N) is 2. The lowest BCUT2D eigenvalue weighted by Crippen LogP contribution is -2.41. The predicted molar refractivity (Wildman–Crippen MR) is 141 cm³/mol. The summed E-state index contributed by atoms with van der Waals surface area (Å²) in [4.78, 5) is 32.0. The minimum absolute atomic E-state index is 0.116. The van der Waals surface area contributed by atoms with E-state index in [0.717, 1.165) is 34.8 Å². The second kappa shape index (κ2) is 10.8. The summed E-state index contributed by atoms with van der Waals surface area (Å²) in [5.74, 6) is 1.75. The molecule has 1 atom stereocenters. The topological polar surface area (TPSA) is 71.5 Å². The van der Waals surface area contributed by atoms with Crippen LogP contribution < -0.4 is 10.1 Å². The SMILES string of the molecule is CC(C)CC(=O)N1CCc2ccc(OCc3nc(C(=O)NCC4CC4)cs3)cc2[C@H]1c1ccccc1. The van der Waals surface area contributed by atoms with Gasteiger partial charge in [-0.05, 0) is 59.9 Å². The third-order valence-corrected chi connectivity index (χ3v) is 7.58. The second-order valence-corrected chi connectivity index (χ2v) is 11.1. The van der Waals surface area contributed by atoms with Crippen molar-refractivity contribution in [1.29, 1.82) is 0 Å². The van der Waals surface area contributed by atoms with Crippen molar-refractivity contribution >= 4 is 23.2 Å². The molecule has 1 aliphatic carbocycles. The Labute approximate surface area is 216 Å². The number of aromatic nitrogens is 1. The quantitative estimate of drug-likeness (QED) is 0.425. The largest absolute Gasteiger partial charge is 0.486 e. The summed E-state index contributed by atoms with van der Waals surface area (Å²) in [5.41, 5.74) is 3.91. The minimum atomic E-state index is -0.133. The second-order valence-electron chi connectivity index (χ2n) is 10.2. The molecule has 2 aliphatic rings. The van der Waals surface area contributed by atoms with E-state index in [1.807, 2.05) is 29.2 Å². The van der Waals surface area contributed by atoms with Gasteiger partial charge < -0.3 is 15.0 Å². The Morgan fingerprint density at radius 3 is 2.72 bits per heavy atom. The van der Waals surface area contributed by atoms with Gasteiger partial charge in [-0.3, -0.25) is 9.59 Å². The Kier molecular flexibility index (Phi) is 7.37. The molecule has 3 aromatic rings. The Morgan fingerprint density at radius 2 is 1.97 bits per heavy atom. The van der Waals surface area contributed by atoms with Gasteiger partial charge in [0.15, 0.2) is 0 Å². The summed E-state index contributed by atoms with van der Waals surface area (Å²) in [7, 11) is 0. The number of benzene rings is 2. The minimum Gasteiger partial charge on any atom is -0.486 e. The molecule has 1 aliphatic heterocycles. The summed E-state index contributed by atoms with van der Waals surface area (Å²) in [6.45, 7) is 5.91. The number of carbonyl (C=O) groups is 2. The number of thiazole rings is 1. The van der Waals surface area contributed by atoms with Gasteiger partial charge in [-0.25, -0.2) is 4.98 Å². The first kappa shape index (κ1) is 24.5. The number of nitrogens with one attached hydrogen (secondary N) is 1. The van der Waals surface area contributed by atoms with Crippen LogP contribution in [0.4, 0.5) is 0 Å². The number of carbonyl (C=O) groups excluding carboxylic acids is 2. The molecular formula is C29H33N3O3S. The fourth-order valence-electron chi connectivity index (χ4n) is 4.69. The average Bonchev–Trinajstić information content (AvgIpc) is 3.59. The van der Waals surface area contributed by atoms with Crippen molar-refractivity contribution in [2.75, 3.05) is 13.1 Å². The number of ether oxygens (including phenoxy) is 1. The summed E-state index contributed by atoms with van der Waals surface area (Å²) in [5, 5.41) is 5.51. The molecular weight excluding hydrogens is 470 g/mol. The number of rotatable bonds is 9. The maximum absolute atomic E-state index is 13.2. The third-order valence-electron chi connectivity index (χ3n) is 6.76. The molecule has 5 rings (SSSR count). The lowest BCUT2D eigenvalue weighted by molar-refractivity contribution is -0.134. The number of fused-ring (bicyclic) bond motifs is 1. The lowest BCUT2D eigenvalue weighted by Gasteiger charge is -2.38. The molecule has 0 saturated heterocycles. The summed E-state index contributed by atoms with van der Waals surface area (Å²) in [6.07, 6.45) is 3.77. The smallest absolute Gasteiger partial charge is 0.270 e. The zero-order valence-corrected chi connectivity index (χ0v) is 21.7. The molecule has 1 aromatic heterocycles. The Balaban J connectivity index is 1.32. The highest BCUT2D eigenvalue weighted by molar-refractivity contribution is 7.09. The summed E-state index contributed by atoms with van der Waals surface area (Å²) in [6, 6.07) is 16.3. The molecule has 7 heteroatoms. The highest BCUT2D eigenvalue weighted by Crippen LogP contribution is 2.38. The first-order chi connectivity index (χ1) is 17.5. The van der Waals surface area contributed by atoms with Gasteiger partial charge in [0.1, 0.15) is 23.1 Å². The number of hydrogen-bond donors (Lipinski definition) is 1. The van der Waals surface area contributed by atoms with Crippen LogP contribution in [0.5, 0.6) is 5.75 Å². The van der Waals surface area contributed by atoms with Gasteiger partial charge in [0.25, 0.3) is 5.91 Å². The molecule has 36 heavy (non-hydrogen) atoms. The highest BCUT2D eigenvalue weighted by Gasteiger charge is 2.32. The van der Waals surface area contributed by atoms with Crippen molar-refractivity contribution in [2.24, 2.45) is 11.8 Å². The van der Waals surface area contributed by atoms with Crippen LogP contribution in [0.15, 0.2) is 53.9 Å². The Bertz CT molecular complexity index is 1220. The summed E-state index contributed by atoms with van der Waals surface area (Å²) < 4.78 is 6.12. The lowest BCUT2D eigenvalue weighted by atomic mass is 9.87. The van der Waals surface area contributed by atoms with E-state index in [2.05, 4.69) is 48.4 Å². The standard InChI is InChI=1S/C29H33N3O3S/c1-19(2)14-27(33)32-13-12-21-10-11-23(15-24(21)28(32)22-6-4-3-5-7-22)35-17-26-31-25(18-36-26)29(34)30-16-20-8-9-20/h3-7,10-11,15,18-20,28H,8-9,12-14,16-17H2,1-2H3,(H,30,34)/t28-/m1/s1. The van der Waals surface area contributed by atoms with Gasteiger partial charge in [0, 0.05) is 24.9 Å². The zero-order chi connectivity index (χ0) is 25.1. The van der Waals surface area contributed by atoms with Crippen LogP contribution in [-0.4, -0.2) is 34.8 Å². The highest BCUT2D eigenvalue weighted by atomic mass is 32.1. The van der Waals surface area contributed by atoms with Gasteiger partial charge in [-0.2, -0.15) is 0 Å². The normalized spacial score (nSPS) is 17.1. The van der Waals surface area contributed by atoms with Crippen LogP contribution >= 0.6 is 11.3 Å². The first-order valence-electron chi connectivity index (χ1n) is 12.8. The fourth-order valence-corrected chi connectivity index (χ4v) is 5.37. The predicted octanol–water partition coefficient (Wildman–Crippen LogP) is 5.38. The zero-order valence-electron chi connectivity index (χ0n) is 20.9. The monoisotopic (exact) mass is 503 g/mol. The van der Waals surface area contributed by atoms with Crippen LogP contribution in [0.2, 0.25) is 0 Å². The van der Waals surface area contributed by atoms with Crippen LogP contribution in [0.3, 0.4) is 0 Å². The molecule has 0 bridgehead atoms. The Morgan fingerprint density at radius 1 is 1.17 bits per heavy atom. The average molecular weight is 504 g/mol. The van der Waals surface area contributed by atoms with Crippen molar-refractivity contribution in [3.63, 3.8) is 0 Å². The molecule has 0 unspecified atom stereocenters. The van der Waals surface area contributed by atoms with Crippen molar-refractivity contribution in [3.8, 4) is 5.75 Å². The van der Waals surface area contributed by atoms with Crippen molar-refractivity contribution < 1.29 is 14.3 Å². The van der Waals surface area contributed by atoms with Crippen molar-refractivity contribution in [1.82, 2.24) is 15.2 Å². The van der Waals surface area contributed by atoms with Crippen LogP contribution in [-0.2, 0) is 17.8 Å².